The highest BCUT2D eigenvalue weighted by Gasteiger charge is 2.20. The van der Waals surface area contributed by atoms with Crippen LogP contribution in [0.5, 0.6) is 0 Å². The van der Waals surface area contributed by atoms with Crippen molar-refractivity contribution in [1.29, 1.82) is 0 Å². The summed E-state index contributed by atoms with van der Waals surface area (Å²) in [6.07, 6.45) is 17.5. The molecule has 0 radical (unpaired) electrons. The van der Waals surface area contributed by atoms with Crippen LogP contribution in [0.4, 0.5) is 0 Å². The van der Waals surface area contributed by atoms with E-state index in [1.54, 1.807) is 0 Å². The number of nitrogens with zero attached hydrogens (tertiary/aromatic N) is 2. The molecule has 0 aliphatic carbocycles. The molecule has 0 bridgehead atoms. The van der Waals surface area contributed by atoms with Gasteiger partial charge in [0, 0.05) is 12.8 Å². The van der Waals surface area contributed by atoms with Gasteiger partial charge in [-0.1, -0.05) is 51.5 Å². The minimum absolute atomic E-state index is 0.0794. The van der Waals surface area contributed by atoms with Gasteiger partial charge in [0.15, 0.2) is 0 Å². The summed E-state index contributed by atoms with van der Waals surface area (Å²) in [6, 6.07) is 0. The van der Waals surface area contributed by atoms with E-state index in [4.69, 9.17) is 5.73 Å². The summed E-state index contributed by atoms with van der Waals surface area (Å²) in [5.41, 5.74) is 5.91. The normalized spacial score (nSPS) is 21.5. The molecular weight excluding hydrogens is 234 g/mol. The molecule has 0 spiro atoms. The van der Waals surface area contributed by atoms with E-state index in [1.807, 2.05) is 13.1 Å². The first-order chi connectivity index (χ1) is 9.25. The van der Waals surface area contributed by atoms with Crippen LogP contribution >= 0.6 is 0 Å². The minimum atomic E-state index is 0.0794. The van der Waals surface area contributed by atoms with E-state index in [9.17, 15) is 0 Å². The molecule has 0 saturated carbocycles. The lowest BCUT2D eigenvalue weighted by Gasteiger charge is -2.24. The van der Waals surface area contributed by atoms with Crippen LogP contribution < -0.4 is 5.73 Å². The monoisotopic (exact) mass is 265 g/mol. The maximum Gasteiger partial charge on any atom is 0.122 e. The van der Waals surface area contributed by atoms with E-state index >= 15 is 0 Å². The van der Waals surface area contributed by atoms with E-state index in [1.165, 1.54) is 51.4 Å². The number of hydrogen-bond donors (Lipinski definition) is 1. The van der Waals surface area contributed by atoms with Crippen LogP contribution in [-0.2, 0) is 0 Å². The van der Waals surface area contributed by atoms with Gasteiger partial charge in [0.1, 0.15) is 6.17 Å². The molecular formula is C16H31N3. The molecule has 2 atom stereocenters. The third-order valence-corrected chi connectivity index (χ3v) is 3.70. The van der Waals surface area contributed by atoms with E-state index in [0.717, 1.165) is 6.54 Å². The quantitative estimate of drug-likeness (QED) is 0.483. The lowest BCUT2D eigenvalue weighted by Crippen LogP contribution is -2.42. The SMILES string of the molecule is CCCCCCCCC/C=C/C1N=CCN1C(C)N. The molecule has 0 aromatic rings. The van der Waals surface area contributed by atoms with Crippen molar-refractivity contribution in [3.05, 3.63) is 12.2 Å². The second-order valence-corrected chi connectivity index (χ2v) is 5.52. The first kappa shape index (κ1) is 16.4. The molecule has 0 saturated heterocycles. The van der Waals surface area contributed by atoms with Crippen LogP contribution in [-0.4, -0.2) is 30.0 Å². The van der Waals surface area contributed by atoms with Crippen LogP contribution in [0.15, 0.2) is 17.1 Å². The summed E-state index contributed by atoms with van der Waals surface area (Å²) in [5.74, 6) is 0. The lowest BCUT2D eigenvalue weighted by molar-refractivity contribution is 0.224. The van der Waals surface area contributed by atoms with Gasteiger partial charge in [-0.05, 0) is 25.8 Å². The van der Waals surface area contributed by atoms with Crippen molar-refractivity contribution < 1.29 is 0 Å². The van der Waals surface area contributed by atoms with Crippen molar-refractivity contribution in [2.24, 2.45) is 10.7 Å². The molecule has 3 nitrogen and oxygen atoms in total. The average Bonchev–Trinajstić information content (AvgIpc) is 2.85. The Morgan fingerprint density at radius 2 is 1.95 bits per heavy atom. The zero-order valence-corrected chi connectivity index (χ0v) is 12.7. The second kappa shape index (κ2) is 10.2. The molecule has 3 heteroatoms. The molecule has 0 aromatic carbocycles. The largest absolute Gasteiger partial charge is 0.316 e. The van der Waals surface area contributed by atoms with Gasteiger partial charge in [-0.15, -0.1) is 0 Å². The van der Waals surface area contributed by atoms with Crippen molar-refractivity contribution in [1.82, 2.24) is 4.90 Å². The summed E-state index contributed by atoms with van der Waals surface area (Å²) in [6.45, 7) is 5.16. The van der Waals surface area contributed by atoms with Crippen LogP contribution in [0.25, 0.3) is 0 Å². The van der Waals surface area contributed by atoms with Crippen molar-refractivity contribution in [2.45, 2.75) is 77.5 Å². The van der Waals surface area contributed by atoms with Gasteiger partial charge in [-0.3, -0.25) is 9.89 Å². The average molecular weight is 265 g/mol. The van der Waals surface area contributed by atoms with E-state index in [2.05, 4.69) is 29.0 Å². The number of nitrogens with two attached hydrogens (primary N) is 1. The molecule has 19 heavy (non-hydrogen) atoms. The molecule has 2 unspecified atom stereocenters. The highest BCUT2D eigenvalue weighted by atomic mass is 15.3. The first-order valence-electron chi connectivity index (χ1n) is 7.95. The Kier molecular flexibility index (Phi) is 8.76. The summed E-state index contributed by atoms with van der Waals surface area (Å²) in [7, 11) is 0. The predicted molar refractivity (Wildman–Crippen MR) is 84.4 cm³/mol. The fourth-order valence-corrected chi connectivity index (χ4v) is 2.45. The van der Waals surface area contributed by atoms with Crippen molar-refractivity contribution in [3.63, 3.8) is 0 Å². The van der Waals surface area contributed by atoms with Crippen LogP contribution in [0.2, 0.25) is 0 Å². The van der Waals surface area contributed by atoms with Gasteiger partial charge < -0.3 is 5.73 Å². The Hall–Kier alpha value is -0.670. The molecule has 0 amide bonds. The number of rotatable bonds is 10. The number of hydrogen-bond acceptors (Lipinski definition) is 3. The van der Waals surface area contributed by atoms with Crippen molar-refractivity contribution in [2.75, 3.05) is 6.54 Å². The summed E-state index contributed by atoms with van der Waals surface area (Å²) < 4.78 is 0. The predicted octanol–water partition coefficient (Wildman–Crippen LogP) is 3.70. The highest BCUT2D eigenvalue weighted by molar-refractivity contribution is 5.62. The smallest absolute Gasteiger partial charge is 0.122 e. The Morgan fingerprint density at radius 3 is 2.63 bits per heavy atom. The van der Waals surface area contributed by atoms with Crippen molar-refractivity contribution >= 4 is 6.21 Å². The van der Waals surface area contributed by atoms with Crippen LogP contribution in [0.3, 0.4) is 0 Å². The first-order valence-corrected chi connectivity index (χ1v) is 7.95. The summed E-state index contributed by atoms with van der Waals surface area (Å²) in [4.78, 5) is 6.64. The van der Waals surface area contributed by atoms with Crippen molar-refractivity contribution in [3.8, 4) is 0 Å². The van der Waals surface area contributed by atoms with E-state index < -0.39 is 0 Å². The van der Waals surface area contributed by atoms with E-state index in [0.29, 0.717) is 0 Å². The van der Waals surface area contributed by atoms with Gasteiger partial charge in [0.2, 0.25) is 0 Å². The fraction of sp³-hybridized carbons (Fsp3) is 0.812. The Balaban J connectivity index is 2.02. The Morgan fingerprint density at radius 1 is 1.26 bits per heavy atom. The number of aliphatic imine (C=N–C) groups is 1. The van der Waals surface area contributed by atoms with Gasteiger partial charge in [0.05, 0.1) is 6.17 Å². The third kappa shape index (κ3) is 6.88. The molecule has 1 heterocycles. The molecule has 110 valence electrons. The van der Waals surface area contributed by atoms with Gasteiger partial charge in [0.25, 0.3) is 0 Å². The molecule has 0 fully saturated rings. The topological polar surface area (TPSA) is 41.6 Å². The number of unbranched alkanes of at least 4 members (excludes halogenated alkanes) is 7. The zero-order valence-electron chi connectivity index (χ0n) is 12.7. The lowest BCUT2D eigenvalue weighted by atomic mass is 10.1. The maximum absolute atomic E-state index is 5.91. The Bertz CT molecular complexity index is 271. The van der Waals surface area contributed by atoms with Crippen LogP contribution in [0.1, 0.15) is 65.2 Å². The number of allylic oxidation sites excluding steroid dienone is 1. The van der Waals surface area contributed by atoms with Gasteiger partial charge in [-0.2, -0.15) is 0 Å². The van der Waals surface area contributed by atoms with Gasteiger partial charge in [-0.25, -0.2) is 0 Å². The van der Waals surface area contributed by atoms with E-state index in [-0.39, 0.29) is 12.3 Å². The molecule has 1 aliphatic rings. The minimum Gasteiger partial charge on any atom is -0.316 e. The third-order valence-electron chi connectivity index (χ3n) is 3.70. The Labute approximate surface area is 119 Å². The highest BCUT2D eigenvalue weighted by Crippen LogP contribution is 2.12. The molecule has 2 N–H and O–H groups in total. The summed E-state index contributed by atoms with van der Waals surface area (Å²) in [5, 5.41) is 0. The maximum atomic E-state index is 5.91. The molecule has 1 rings (SSSR count). The zero-order chi connectivity index (χ0) is 13.9. The fourth-order valence-electron chi connectivity index (χ4n) is 2.45. The molecule has 0 aromatic heterocycles. The van der Waals surface area contributed by atoms with Gasteiger partial charge >= 0.3 is 0 Å². The standard InChI is InChI=1S/C16H31N3/c1-3-4-5-6-7-8-9-10-11-12-16-18-13-14-19(16)15(2)17/h11-13,15-16H,3-10,14,17H2,1-2H3/b12-11+. The van der Waals surface area contributed by atoms with Crippen LogP contribution in [0, 0.1) is 0 Å². The molecule has 1 aliphatic heterocycles. The second-order valence-electron chi connectivity index (χ2n) is 5.52. The summed E-state index contributed by atoms with van der Waals surface area (Å²) >= 11 is 0.